The van der Waals surface area contributed by atoms with Crippen LogP contribution in [0.25, 0.3) is 0 Å². The second-order valence-corrected chi connectivity index (χ2v) is 5.39. The normalized spacial score (nSPS) is 19.9. The molecule has 5 heteroatoms. The van der Waals surface area contributed by atoms with Gasteiger partial charge in [0.15, 0.2) is 5.78 Å². The summed E-state index contributed by atoms with van der Waals surface area (Å²) in [6.45, 7) is 5.27. The lowest BCUT2D eigenvalue weighted by molar-refractivity contribution is -0.114. The van der Waals surface area contributed by atoms with Gasteiger partial charge in [-0.3, -0.25) is 4.79 Å². The number of carbonyl (C=O) groups excluding carboxylic acids is 2. The highest BCUT2D eigenvalue weighted by Crippen LogP contribution is 2.31. The maximum Gasteiger partial charge on any atom is 0.319 e. The molecule has 0 aliphatic carbocycles. The largest absolute Gasteiger partial charge is 0.326 e. The van der Waals surface area contributed by atoms with E-state index in [1.807, 2.05) is 19.1 Å². The summed E-state index contributed by atoms with van der Waals surface area (Å²) < 4.78 is 0. The lowest BCUT2D eigenvalue weighted by Gasteiger charge is -2.26. The number of aryl methyl sites for hydroxylation is 1. The van der Waals surface area contributed by atoms with Crippen LogP contribution in [0.2, 0.25) is 0 Å². The number of Topliss-reactive ketones (excluding diaryl/α,β-unsaturated/α-hetero) is 1. The predicted octanol–water partition coefficient (Wildman–Crippen LogP) is 2.27. The van der Waals surface area contributed by atoms with Gasteiger partial charge in [0.1, 0.15) is 0 Å². The Balaban J connectivity index is 2.46. The first kappa shape index (κ1) is 11.9. The average Bonchev–Trinajstić information content (AvgIpc) is 2.62. The van der Waals surface area contributed by atoms with Crippen LogP contribution in [0.3, 0.4) is 0 Å². The van der Waals surface area contributed by atoms with Crippen LogP contribution in [0.5, 0.6) is 0 Å². The second-order valence-electron chi connectivity index (χ2n) is 4.07. The second kappa shape index (κ2) is 4.33. The van der Waals surface area contributed by atoms with Gasteiger partial charge in [-0.1, -0.05) is 0 Å². The average molecular weight is 250 g/mol. The van der Waals surface area contributed by atoms with E-state index in [4.69, 9.17) is 0 Å². The van der Waals surface area contributed by atoms with Crippen molar-refractivity contribution in [2.75, 3.05) is 0 Å². The third kappa shape index (κ3) is 2.24. The Morgan fingerprint density at radius 1 is 1.35 bits per heavy atom. The van der Waals surface area contributed by atoms with Crippen LogP contribution in [0, 0.1) is 6.92 Å². The molecule has 0 saturated carbocycles. The number of carbonyl (C=O) groups is 2. The number of thiophene rings is 1. The topological polar surface area (TPSA) is 58.2 Å². The van der Waals surface area contributed by atoms with E-state index in [2.05, 4.69) is 10.6 Å². The minimum atomic E-state index is -0.319. The molecule has 0 radical (unpaired) electrons. The quantitative estimate of drug-likeness (QED) is 0.846. The molecular formula is C12H14N2O2S. The Hall–Kier alpha value is -1.62. The van der Waals surface area contributed by atoms with Crippen LogP contribution < -0.4 is 10.6 Å². The summed E-state index contributed by atoms with van der Waals surface area (Å²) in [5.41, 5.74) is 1.27. The van der Waals surface area contributed by atoms with Gasteiger partial charge in [-0.2, -0.15) is 0 Å². The van der Waals surface area contributed by atoms with E-state index in [1.165, 1.54) is 6.92 Å². The lowest BCUT2D eigenvalue weighted by atomic mass is 9.98. The van der Waals surface area contributed by atoms with Crippen molar-refractivity contribution >= 4 is 23.2 Å². The molecule has 4 nitrogen and oxygen atoms in total. The number of rotatable bonds is 2. The van der Waals surface area contributed by atoms with Gasteiger partial charge in [0, 0.05) is 21.0 Å². The maximum atomic E-state index is 11.7. The van der Waals surface area contributed by atoms with Crippen LogP contribution in [0.4, 0.5) is 4.79 Å². The van der Waals surface area contributed by atoms with Crippen LogP contribution in [-0.4, -0.2) is 11.8 Å². The number of hydrogen-bond acceptors (Lipinski definition) is 3. The molecule has 0 spiro atoms. The lowest BCUT2D eigenvalue weighted by Crippen LogP contribution is -2.44. The standard InChI is InChI=1S/C12H14N2O2S/c1-6-4-5-9(17-6)11-10(8(3)15)7(2)13-12(16)14-11/h4-5,11H,1-3H3,(H2,13,14,16). The number of ketones is 1. The van der Waals surface area contributed by atoms with Gasteiger partial charge >= 0.3 is 6.03 Å². The third-order valence-electron chi connectivity index (χ3n) is 2.69. The Bertz CT molecular complexity index is 516. The zero-order chi connectivity index (χ0) is 12.6. The molecule has 90 valence electrons. The molecule has 1 aliphatic heterocycles. The Morgan fingerprint density at radius 3 is 2.59 bits per heavy atom. The fourth-order valence-corrected chi connectivity index (χ4v) is 2.92. The first-order chi connectivity index (χ1) is 7.99. The highest BCUT2D eigenvalue weighted by molar-refractivity contribution is 7.12. The zero-order valence-corrected chi connectivity index (χ0v) is 10.8. The van der Waals surface area contributed by atoms with Gasteiger partial charge in [0.25, 0.3) is 0 Å². The van der Waals surface area contributed by atoms with E-state index in [9.17, 15) is 9.59 Å². The monoisotopic (exact) mass is 250 g/mol. The first-order valence-corrected chi connectivity index (χ1v) is 6.16. The molecule has 1 aromatic heterocycles. The van der Waals surface area contributed by atoms with Gasteiger partial charge in [-0.15, -0.1) is 11.3 Å². The number of nitrogens with one attached hydrogen (secondary N) is 2. The fraction of sp³-hybridized carbons (Fsp3) is 0.333. The summed E-state index contributed by atoms with van der Waals surface area (Å²) >= 11 is 1.59. The molecule has 2 heterocycles. The SMILES string of the molecule is CC(=O)C1=C(C)NC(=O)NC1c1ccc(C)s1. The Kier molecular flexibility index (Phi) is 3.02. The van der Waals surface area contributed by atoms with Crippen molar-refractivity contribution in [1.82, 2.24) is 10.6 Å². The molecular weight excluding hydrogens is 236 g/mol. The minimum Gasteiger partial charge on any atom is -0.326 e. The van der Waals surface area contributed by atoms with Crippen molar-refractivity contribution in [3.05, 3.63) is 33.2 Å². The summed E-state index contributed by atoms with van der Waals surface area (Å²) in [7, 11) is 0. The van der Waals surface area contributed by atoms with Gasteiger partial charge in [-0.05, 0) is 32.9 Å². The number of hydrogen-bond donors (Lipinski definition) is 2. The number of allylic oxidation sites excluding steroid dienone is 1. The molecule has 2 amide bonds. The molecule has 1 aliphatic rings. The molecule has 17 heavy (non-hydrogen) atoms. The van der Waals surface area contributed by atoms with Gasteiger partial charge in [0.2, 0.25) is 0 Å². The van der Waals surface area contributed by atoms with Crippen molar-refractivity contribution in [3.8, 4) is 0 Å². The van der Waals surface area contributed by atoms with Crippen LogP contribution >= 0.6 is 11.3 Å². The van der Waals surface area contributed by atoms with E-state index in [0.29, 0.717) is 11.3 Å². The molecule has 2 rings (SSSR count). The van der Waals surface area contributed by atoms with E-state index in [1.54, 1.807) is 18.3 Å². The van der Waals surface area contributed by atoms with E-state index in [-0.39, 0.29) is 17.9 Å². The van der Waals surface area contributed by atoms with Gasteiger partial charge in [0.05, 0.1) is 6.04 Å². The first-order valence-electron chi connectivity index (χ1n) is 5.34. The van der Waals surface area contributed by atoms with Crippen molar-refractivity contribution in [2.24, 2.45) is 0 Å². The molecule has 0 saturated heterocycles. The molecule has 0 aromatic carbocycles. The summed E-state index contributed by atoms with van der Waals surface area (Å²) in [4.78, 5) is 25.3. The fourth-order valence-electron chi connectivity index (χ4n) is 1.98. The van der Waals surface area contributed by atoms with Gasteiger partial charge in [-0.25, -0.2) is 4.79 Å². The van der Waals surface area contributed by atoms with Crippen LogP contribution in [0.15, 0.2) is 23.4 Å². The molecule has 0 bridgehead atoms. The van der Waals surface area contributed by atoms with E-state index < -0.39 is 0 Å². The van der Waals surface area contributed by atoms with Crippen molar-refractivity contribution < 1.29 is 9.59 Å². The minimum absolute atomic E-state index is 0.0222. The highest BCUT2D eigenvalue weighted by Gasteiger charge is 2.29. The summed E-state index contributed by atoms with van der Waals surface area (Å²) in [5.74, 6) is -0.0222. The third-order valence-corrected chi connectivity index (χ3v) is 3.76. The Labute approximate surface area is 104 Å². The summed E-state index contributed by atoms with van der Waals surface area (Å²) in [5, 5.41) is 5.42. The summed E-state index contributed by atoms with van der Waals surface area (Å²) in [6.07, 6.45) is 0. The van der Waals surface area contributed by atoms with E-state index in [0.717, 1.165) is 9.75 Å². The molecule has 1 unspecified atom stereocenters. The Morgan fingerprint density at radius 2 is 2.06 bits per heavy atom. The number of urea groups is 1. The van der Waals surface area contributed by atoms with Crippen LogP contribution in [-0.2, 0) is 4.79 Å². The van der Waals surface area contributed by atoms with E-state index >= 15 is 0 Å². The summed E-state index contributed by atoms with van der Waals surface area (Å²) in [6, 6.07) is 3.36. The molecule has 1 atom stereocenters. The smallest absolute Gasteiger partial charge is 0.319 e. The maximum absolute atomic E-state index is 11.7. The molecule has 0 fully saturated rings. The predicted molar refractivity (Wildman–Crippen MR) is 66.8 cm³/mol. The van der Waals surface area contributed by atoms with Crippen molar-refractivity contribution in [1.29, 1.82) is 0 Å². The van der Waals surface area contributed by atoms with Crippen LogP contribution in [0.1, 0.15) is 29.6 Å². The number of amides is 2. The highest BCUT2D eigenvalue weighted by atomic mass is 32.1. The van der Waals surface area contributed by atoms with Crippen molar-refractivity contribution in [3.63, 3.8) is 0 Å². The van der Waals surface area contributed by atoms with Crippen molar-refractivity contribution in [2.45, 2.75) is 26.8 Å². The van der Waals surface area contributed by atoms with Gasteiger partial charge < -0.3 is 10.6 Å². The zero-order valence-electron chi connectivity index (χ0n) is 9.96. The molecule has 1 aromatic rings. The molecule has 2 N–H and O–H groups in total.